The van der Waals surface area contributed by atoms with Crippen LogP contribution in [0.25, 0.3) is 11.1 Å². The number of nitrogens with one attached hydrogen (secondary N) is 3. The molecule has 42 heavy (non-hydrogen) atoms. The number of benzene rings is 2. The zero-order chi connectivity index (χ0) is 30.1. The van der Waals surface area contributed by atoms with Crippen molar-refractivity contribution in [3.05, 3.63) is 71.8 Å². The van der Waals surface area contributed by atoms with Gasteiger partial charge in [-0.3, -0.25) is 9.59 Å². The zero-order valence-corrected chi connectivity index (χ0v) is 24.0. The minimum absolute atomic E-state index is 0.0427. The van der Waals surface area contributed by atoms with E-state index in [-0.39, 0.29) is 50.4 Å². The molecule has 4 N–H and O–H groups in total. The molecule has 3 amide bonds. The Labute approximate surface area is 245 Å². The van der Waals surface area contributed by atoms with Crippen molar-refractivity contribution in [3.8, 4) is 11.1 Å². The molecule has 0 saturated carbocycles. The van der Waals surface area contributed by atoms with E-state index >= 15 is 0 Å². The van der Waals surface area contributed by atoms with Crippen LogP contribution < -0.4 is 16.0 Å². The molecule has 0 fully saturated rings. The number of alkyl carbamates (subject to hydrolysis) is 1. The monoisotopic (exact) mass is 577 g/mol. The second kappa shape index (κ2) is 14.6. The van der Waals surface area contributed by atoms with Crippen LogP contribution in [-0.4, -0.2) is 66.9 Å². The van der Waals surface area contributed by atoms with Gasteiger partial charge in [0, 0.05) is 18.4 Å². The molecule has 224 valence electrons. The molecule has 2 aromatic rings. The summed E-state index contributed by atoms with van der Waals surface area (Å²) >= 11 is 0. The van der Waals surface area contributed by atoms with Crippen LogP contribution in [0.1, 0.15) is 56.6 Å². The Morgan fingerprint density at radius 3 is 2.40 bits per heavy atom. The highest BCUT2D eigenvalue weighted by Gasteiger charge is 2.30. The summed E-state index contributed by atoms with van der Waals surface area (Å²) in [5.41, 5.74) is 4.42. The smallest absolute Gasteiger partial charge is 0.407 e. The summed E-state index contributed by atoms with van der Waals surface area (Å²) in [7, 11) is 0. The Morgan fingerprint density at radius 2 is 1.74 bits per heavy atom. The standard InChI is InChI=1S/C32H39N3O7/c1-20(17-36)33-29(37)16-22-10-4-3-5-15-28(31(39)41-18-21(2)34-30(22)38)35-32(40)42-19-27-25-13-8-6-11-23(25)24-12-7-9-14-26(24)27/h3-4,6-9,11-14,20-22,27-28,36H,5,10,15-19H2,1-2H3,(H,33,37)(H,34,38)(H,35,40)/t20-,21-,22+,28-/m0/s1. The van der Waals surface area contributed by atoms with Crippen LogP contribution in [0.15, 0.2) is 60.7 Å². The molecule has 0 spiro atoms. The third-order valence-corrected chi connectivity index (χ3v) is 7.48. The lowest BCUT2D eigenvalue weighted by molar-refractivity contribution is -0.147. The summed E-state index contributed by atoms with van der Waals surface area (Å²) in [4.78, 5) is 50.9. The summed E-state index contributed by atoms with van der Waals surface area (Å²) in [5.74, 6) is -2.01. The number of rotatable bonds is 7. The summed E-state index contributed by atoms with van der Waals surface area (Å²) in [6, 6.07) is 14.2. The fourth-order valence-electron chi connectivity index (χ4n) is 5.27. The number of aliphatic hydroxyl groups excluding tert-OH is 1. The van der Waals surface area contributed by atoms with Gasteiger partial charge in [0.05, 0.1) is 18.6 Å². The lowest BCUT2D eigenvalue weighted by Crippen LogP contribution is -2.45. The summed E-state index contributed by atoms with van der Waals surface area (Å²) < 4.78 is 11.0. The molecule has 0 saturated heterocycles. The summed E-state index contributed by atoms with van der Waals surface area (Å²) in [6.07, 6.45) is 3.88. The van der Waals surface area contributed by atoms with Gasteiger partial charge in [0.2, 0.25) is 11.8 Å². The number of allylic oxidation sites excluding steroid dienone is 2. The van der Waals surface area contributed by atoms with Gasteiger partial charge in [0.15, 0.2) is 0 Å². The first-order chi connectivity index (χ1) is 20.3. The fraction of sp³-hybridized carbons (Fsp3) is 0.438. The first-order valence-corrected chi connectivity index (χ1v) is 14.4. The first kappa shape index (κ1) is 30.8. The number of aliphatic hydroxyl groups is 1. The van der Waals surface area contributed by atoms with Crippen LogP contribution >= 0.6 is 0 Å². The average molecular weight is 578 g/mol. The molecular formula is C32H39N3O7. The van der Waals surface area contributed by atoms with Crippen molar-refractivity contribution >= 4 is 23.9 Å². The maximum Gasteiger partial charge on any atom is 0.407 e. The molecule has 0 aromatic heterocycles. The largest absolute Gasteiger partial charge is 0.462 e. The van der Waals surface area contributed by atoms with Crippen molar-refractivity contribution in [2.75, 3.05) is 19.8 Å². The minimum Gasteiger partial charge on any atom is -0.462 e. The molecule has 1 heterocycles. The van der Waals surface area contributed by atoms with Crippen LogP contribution in [0.3, 0.4) is 0 Å². The predicted molar refractivity (Wildman–Crippen MR) is 156 cm³/mol. The third kappa shape index (κ3) is 7.97. The Morgan fingerprint density at radius 1 is 1.07 bits per heavy atom. The van der Waals surface area contributed by atoms with Crippen LogP contribution in [-0.2, 0) is 23.9 Å². The number of carbonyl (C=O) groups excluding carboxylic acids is 4. The molecule has 10 nitrogen and oxygen atoms in total. The molecule has 0 unspecified atom stereocenters. The van der Waals surface area contributed by atoms with Gasteiger partial charge >= 0.3 is 12.1 Å². The maximum absolute atomic E-state index is 12.9. The number of carbonyl (C=O) groups is 4. The van der Waals surface area contributed by atoms with Gasteiger partial charge in [0.25, 0.3) is 0 Å². The minimum atomic E-state index is -0.935. The van der Waals surface area contributed by atoms with Crippen molar-refractivity contribution in [2.24, 2.45) is 5.92 Å². The molecule has 4 atom stereocenters. The van der Waals surface area contributed by atoms with E-state index in [0.717, 1.165) is 22.3 Å². The van der Waals surface area contributed by atoms with Crippen molar-refractivity contribution in [1.29, 1.82) is 0 Å². The van der Waals surface area contributed by atoms with Gasteiger partial charge in [-0.15, -0.1) is 0 Å². The van der Waals surface area contributed by atoms with Crippen molar-refractivity contribution in [1.82, 2.24) is 16.0 Å². The Kier molecular flexibility index (Phi) is 10.7. The van der Waals surface area contributed by atoms with E-state index < -0.39 is 36.1 Å². The highest BCUT2D eigenvalue weighted by Crippen LogP contribution is 2.44. The van der Waals surface area contributed by atoms with E-state index in [1.54, 1.807) is 19.9 Å². The normalized spacial score (nSPS) is 21.7. The van der Waals surface area contributed by atoms with Gasteiger partial charge in [-0.05, 0) is 55.4 Å². The van der Waals surface area contributed by atoms with E-state index in [4.69, 9.17) is 9.47 Å². The molecule has 0 bridgehead atoms. The molecule has 0 radical (unpaired) electrons. The van der Waals surface area contributed by atoms with E-state index in [9.17, 15) is 24.3 Å². The van der Waals surface area contributed by atoms with Gasteiger partial charge in [-0.1, -0.05) is 60.7 Å². The third-order valence-electron chi connectivity index (χ3n) is 7.48. The number of ether oxygens (including phenoxy) is 2. The van der Waals surface area contributed by atoms with Crippen molar-refractivity contribution < 1.29 is 33.8 Å². The lowest BCUT2D eigenvalue weighted by atomic mass is 9.98. The van der Waals surface area contributed by atoms with E-state index in [1.165, 1.54) is 0 Å². The van der Waals surface area contributed by atoms with Gasteiger partial charge in [0.1, 0.15) is 19.3 Å². The van der Waals surface area contributed by atoms with Crippen LogP contribution in [0, 0.1) is 5.92 Å². The van der Waals surface area contributed by atoms with Crippen molar-refractivity contribution in [3.63, 3.8) is 0 Å². The SMILES string of the molecule is C[C@@H](CO)NC(=O)C[C@H]1CC=CCC[C@H](NC(=O)OCC2c3ccccc3-c3ccccc32)C(=O)OC[C@H](C)NC1=O. The number of hydrogen-bond donors (Lipinski definition) is 4. The Bertz CT molecular complexity index is 1270. The molecule has 2 aliphatic rings. The second-order valence-electron chi connectivity index (χ2n) is 10.9. The number of fused-ring (bicyclic) bond motifs is 3. The van der Waals surface area contributed by atoms with Crippen LogP contribution in [0.2, 0.25) is 0 Å². The highest BCUT2D eigenvalue weighted by molar-refractivity contribution is 5.86. The lowest BCUT2D eigenvalue weighted by Gasteiger charge is -2.21. The Balaban J connectivity index is 1.36. The van der Waals surface area contributed by atoms with Gasteiger partial charge in [-0.25, -0.2) is 9.59 Å². The quantitative estimate of drug-likeness (QED) is 0.292. The molecule has 2 aromatic carbocycles. The number of cyclic esters (lactones) is 1. The zero-order valence-electron chi connectivity index (χ0n) is 24.0. The summed E-state index contributed by atoms with van der Waals surface area (Å²) in [6.45, 7) is 3.19. The Hall–Kier alpha value is -4.18. The van der Waals surface area contributed by atoms with Crippen LogP contribution in [0.4, 0.5) is 4.79 Å². The van der Waals surface area contributed by atoms with Crippen molar-refractivity contribution in [2.45, 2.75) is 63.6 Å². The second-order valence-corrected chi connectivity index (χ2v) is 10.9. The number of hydrogen-bond acceptors (Lipinski definition) is 7. The molecular weight excluding hydrogens is 538 g/mol. The first-order valence-electron chi connectivity index (χ1n) is 14.4. The fourth-order valence-corrected chi connectivity index (χ4v) is 5.27. The number of esters is 1. The van der Waals surface area contributed by atoms with E-state index in [2.05, 4.69) is 28.1 Å². The van der Waals surface area contributed by atoms with Gasteiger partial charge < -0.3 is 30.5 Å². The molecule has 1 aliphatic carbocycles. The van der Waals surface area contributed by atoms with E-state index in [1.807, 2.05) is 42.5 Å². The van der Waals surface area contributed by atoms with Gasteiger partial charge in [-0.2, -0.15) is 0 Å². The molecule has 10 heteroatoms. The molecule has 1 aliphatic heterocycles. The average Bonchev–Trinajstić information content (AvgIpc) is 3.30. The molecule has 4 rings (SSSR count). The number of amides is 3. The summed E-state index contributed by atoms with van der Waals surface area (Å²) in [5, 5.41) is 17.3. The van der Waals surface area contributed by atoms with E-state index in [0.29, 0.717) is 12.8 Å². The predicted octanol–water partition coefficient (Wildman–Crippen LogP) is 3.19. The maximum atomic E-state index is 12.9. The topological polar surface area (TPSA) is 143 Å². The highest BCUT2D eigenvalue weighted by atomic mass is 16.6. The van der Waals surface area contributed by atoms with Crippen LogP contribution in [0.5, 0.6) is 0 Å².